The van der Waals surface area contributed by atoms with Crippen molar-refractivity contribution in [3.63, 3.8) is 0 Å². The van der Waals surface area contributed by atoms with Crippen LogP contribution in [-0.2, 0) is 5.88 Å². The van der Waals surface area contributed by atoms with Gasteiger partial charge in [0.1, 0.15) is 5.82 Å². The molecule has 2 rings (SSSR count). The molecule has 94 valence electrons. The van der Waals surface area contributed by atoms with Crippen molar-refractivity contribution in [3.8, 4) is 0 Å². The molecular weight excluding hydrogens is 232 g/mol. The number of halogens is 1. The van der Waals surface area contributed by atoms with E-state index in [2.05, 4.69) is 29.1 Å². The van der Waals surface area contributed by atoms with Gasteiger partial charge in [-0.3, -0.25) is 0 Å². The summed E-state index contributed by atoms with van der Waals surface area (Å²) < 4.78 is 0. The number of hydrogen-bond acceptors (Lipinski definition) is 2. The summed E-state index contributed by atoms with van der Waals surface area (Å²) >= 11 is 5.78. The third-order valence-corrected chi connectivity index (χ3v) is 4.01. The highest BCUT2D eigenvalue weighted by Gasteiger charge is 2.17. The number of rotatable bonds is 3. The lowest BCUT2D eigenvalue weighted by atomic mass is 10.1. The zero-order valence-corrected chi connectivity index (χ0v) is 11.3. The standard InChI is InChI=1S/C14H21ClN2/c1-17(13-6-4-2-3-5-7-13)14-9-8-12(10-15)11-16-14/h8-9,11,13H,2-7,10H2,1H3. The van der Waals surface area contributed by atoms with Crippen molar-refractivity contribution in [2.45, 2.75) is 50.4 Å². The smallest absolute Gasteiger partial charge is 0.128 e. The van der Waals surface area contributed by atoms with Crippen LogP contribution >= 0.6 is 11.6 Å². The van der Waals surface area contributed by atoms with Crippen LogP contribution in [0.4, 0.5) is 5.82 Å². The van der Waals surface area contributed by atoms with Crippen LogP contribution in [0.1, 0.15) is 44.1 Å². The Bertz CT molecular complexity index is 329. The van der Waals surface area contributed by atoms with Gasteiger partial charge in [-0.05, 0) is 24.5 Å². The van der Waals surface area contributed by atoms with Crippen molar-refractivity contribution < 1.29 is 0 Å². The molecule has 0 atom stereocenters. The lowest BCUT2D eigenvalue weighted by Gasteiger charge is -2.28. The van der Waals surface area contributed by atoms with E-state index in [1.54, 1.807) is 0 Å². The second kappa shape index (κ2) is 6.25. The summed E-state index contributed by atoms with van der Waals surface area (Å²) in [6.07, 6.45) is 9.98. The normalized spacial score (nSPS) is 17.8. The van der Waals surface area contributed by atoms with E-state index in [1.807, 2.05) is 6.20 Å². The van der Waals surface area contributed by atoms with Gasteiger partial charge in [0.15, 0.2) is 0 Å². The minimum Gasteiger partial charge on any atom is -0.357 e. The van der Waals surface area contributed by atoms with Crippen LogP contribution < -0.4 is 4.90 Å². The van der Waals surface area contributed by atoms with Gasteiger partial charge >= 0.3 is 0 Å². The number of hydrogen-bond donors (Lipinski definition) is 0. The Morgan fingerprint density at radius 2 is 1.94 bits per heavy atom. The molecule has 0 N–H and O–H groups in total. The predicted octanol–water partition coefficient (Wildman–Crippen LogP) is 3.98. The van der Waals surface area contributed by atoms with Crippen LogP contribution in [0.3, 0.4) is 0 Å². The molecule has 1 aliphatic rings. The van der Waals surface area contributed by atoms with E-state index in [-0.39, 0.29) is 0 Å². The number of aromatic nitrogens is 1. The molecule has 2 nitrogen and oxygen atoms in total. The fourth-order valence-electron chi connectivity index (χ4n) is 2.54. The average molecular weight is 253 g/mol. The monoisotopic (exact) mass is 252 g/mol. The summed E-state index contributed by atoms with van der Waals surface area (Å²) in [4.78, 5) is 6.83. The molecule has 0 radical (unpaired) electrons. The zero-order valence-electron chi connectivity index (χ0n) is 10.5. The predicted molar refractivity (Wildman–Crippen MR) is 73.7 cm³/mol. The maximum Gasteiger partial charge on any atom is 0.128 e. The van der Waals surface area contributed by atoms with Crippen molar-refractivity contribution in [3.05, 3.63) is 23.9 Å². The lowest BCUT2D eigenvalue weighted by molar-refractivity contribution is 0.549. The van der Waals surface area contributed by atoms with Gasteiger partial charge in [-0.1, -0.05) is 31.7 Å². The molecule has 0 bridgehead atoms. The third-order valence-electron chi connectivity index (χ3n) is 3.70. The van der Waals surface area contributed by atoms with Gasteiger partial charge < -0.3 is 4.90 Å². The van der Waals surface area contributed by atoms with Crippen LogP contribution in [-0.4, -0.2) is 18.1 Å². The topological polar surface area (TPSA) is 16.1 Å². The average Bonchev–Trinajstić information content (AvgIpc) is 2.67. The molecular formula is C14H21ClN2. The summed E-state index contributed by atoms with van der Waals surface area (Å²) in [5.74, 6) is 1.62. The van der Waals surface area contributed by atoms with E-state index in [0.29, 0.717) is 11.9 Å². The SMILES string of the molecule is CN(c1ccc(CCl)cn1)C1CCCCCC1. The molecule has 0 amide bonds. The first-order valence-electron chi connectivity index (χ1n) is 6.55. The molecule has 1 saturated carbocycles. The number of alkyl halides is 1. The van der Waals surface area contributed by atoms with Crippen LogP contribution in [0, 0.1) is 0 Å². The molecule has 1 fully saturated rings. The van der Waals surface area contributed by atoms with Crippen LogP contribution in [0.2, 0.25) is 0 Å². The van der Waals surface area contributed by atoms with Crippen LogP contribution in [0.15, 0.2) is 18.3 Å². The van der Waals surface area contributed by atoms with Gasteiger partial charge in [-0.2, -0.15) is 0 Å². The molecule has 1 aromatic heterocycles. The van der Waals surface area contributed by atoms with E-state index >= 15 is 0 Å². The molecule has 0 saturated heterocycles. The Morgan fingerprint density at radius 1 is 1.24 bits per heavy atom. The summed E-state index contributed by atoms with van der Waals surface area (Å²) in [5.41, 5.74) is 1.09. The second-order valence-corrected chi connectivity index (χ2v) is 5.18. The lowest BCUT2D eigenvalue weighted by Crippen LogP contribution is -2.31. The van der Waals surface area contributed by atoms with Crippen molar-refractivity contribution >= 4 is 17.4 Å². The largest absolute Gasteiger partial charge is 0.357 e. The summed E-state index contributed by atoms with van der Waals surface area (Å²) in [7, 11) is 2.17. The first-order chi connectivity index (χ1) is 8.31. The van der Waals surface area contributed by atoms with Crippen molar-refractivity contribution in [2.75, 3.05) is 11.9 Å². The van der Waals surface area contributed by atoms with Gasteiger partial charge in [0.05, 0.1) is 0 Å². The first-order valence-corrected chi connectivity index (χ1v) is 7.08. The van der Waals surface area contributed by atoms with E-state index < -0.39 is 0 Å². The molecule has 1 aromatic rings. The van der Waals surface area contributed by atoms with Gasteiger partial charge in [0.25, 0.3) is 0 Å². The molecule has 0 aromatic carbocycles. The Labute approximate surface area is 109 Å². The summed E-state index contributed by atoms with van der Waals surface area (Å²) in [6, 6.07) is 4.82. The molecule has 1 heterocycles. The van der Waals surface area contributed by atoms with Crippen molar-refractivity contribution in [1.82, 2.24) is 4.98 Å². The molecule has 1 aliphatic carbocycles. The van der Waals surface area contributed by atoms with Crippen molar-refractivity contribution in [2.24, 2.45) is 0 Å². The quantitative estimate of drug-likeness (QED) is 0.598. The van der Waals surface area contributed by atoms with Crippen molar-refractivity contribution in [1.29, 1.82) is 0 Å². The van der Waals surface area contributed by atoms with E-state index in [4.69, 9.17) is 11.6 Å². The number of nitrogens with zero attached hydrogens (tertiary/aromatic N) is 2. The zero-order chi connectivity index (χ0) is 12.1. The van der Waals surface area contributed by atoms with Crippen LogP contribution in [0.25, 0.3) is 0 Å². The van der Waals surface area contributed by atoms with Crippen LogP contribution in [0.5, 0.6) is 0 Å². The highest BCUT2D eigenvalue weighted by molar-refractivity contribution is 6.17. The Morgan fingerprint density at radius 3 is 2.47 bits per heavy atom. The molecule has 0 spiro atoms. The first kappa shape index (κ1) is 12.7. The summed E-state index contributed by atoms with van der Waals surface area (Å²) in [6.45, 7) is 0. The minimum atomic E-state index is 0.542. The van der Waals surface area contributed by atoms with Gasteiger partial charge in [0.2, 0.25) is 0 Å². The van der Waals surface area contributed by atoms with Gasteiger partial charge in [-0.15, -0.1) is 11.6 Å². The Balaban J connectivity index is 2.03. The fourth-order valence-corrected chi connectivity index (χ4v) is 2.69. The summed E-state index contributed by atoms with van der Waals surface area (Å²) in [5, 5.41) is 0. The fraction of sp³-hybridized carbons (Fsp3) is 0.643. The Hall–Kier alpha value is -0.760. The maximum atomic E-state index is 5.78. The van der Waals surface area contributed by atoms with Gasteiger partial charge in [0, 0.05) is 25.2 Å². The molecule has 17 heavy (non-hydrogen) atoms. The minimum absolute atomic E-state index is 0.542. The van der Waals surface area contributed by atoms with E-state index in [0.717, 1.165) is 11.4 Å². The molecule has 3 heteroatoms. The number of pyridine rings is 1. The maximum absolute atomic E-state index is 5.78. The van der Waals surface area contributed by atoms with E-state index in [9.17, 15) is 0 Å². The number of anilines is 1. The highest BCUT2D eigenvalue weighted by Crippen LogP contribution is 2.24. The molecule has 0 aliphatic heterocycles. The molecule has 0 unspecified atom stereocenters. The Kier molecular flexibility index (Phi) is 4.66. The third kappa shape index (κ3) is 3.35. The highest BCUT2D eigenvalue weighted by atomic mass is 35.5. The van der Waals surface area contributed by atoms with Gasteiger partial charge in [-0.25, -0.2) is 4.98 Å². The van der Waals surface area contributed by atoms with E-state index in [1.165, 1.54) is 38.5 Å². The second-order valence-electron chi connectivity index (χ2n) is 4.91.